The molecule has 2 N–H and O–H groups in total. The molecule has 0 amide bonds. The Bertz CT molecular complexity index is 406. The zero-order valence-electron chi connectivity index (χ0n) is 12.4. The van der Waals surface area contributed by atoms with Crippen LogP contribution in [0.25, 0.3) is 0 Å². The number of nitrogens with zero attached hydrogens (tertiary/aromatic N) is 3. The molecule has 0 bridgehead atoms. The van der Waals surface area contributed by atoms with Crippen LogP contribution in [0.2, 0.25) is 0 Å². The minimum atomic E-state index is 0.0569. The number of rotatable bonds is 7. The number of likely N-dealkylation sites (N-methyl/N-ethyl adjacent to an activating group) is 1. The molecule has 0 unspecified atom stereocenters. The van der Waals surface area contributed by atoms with Gasteiger partial charge in [-0.15, -0.1) is 0 Å². The highest BCUT2D eigenvalue weighted by molar-refractivity contribution is 9.10. The van der Waals surface area contributed by atoms with E-state index in [1.807, 2.05) is 0 Å². The van der Waals surface area contributed by atoms with Crippen LogP contribution in [0.4, 0.5) is 11.8 Å². The van der Waals surface area contributed by atoms with Crippen molar-refractivity contribution in [2.24, 2.45) is 0 Å². The van der Waals surface area contributed by atoms with Crippen LogP contribution in [-0.4, -0.2) is 47.6 Å². The predicted molar refractivity (Wildman–Crippen MR) is 84.8 cm³/mol. The molecule has 19 heavy (non-hydrogen) atoms. The summed E-state index contributed by atoms with van der Waals surface area (Å²) in [6.45, 7) is 8.17. The Kier molecular flexibility index (Phi) is 6.00. The zero-order valence-corrected chi connectivity index (χ0v) is 14.0. The number of hydrogen-bond acceptors (Lipinski definition) is 5. The molecule has 1 aromatic rings. The van der Waals surface area contributed by atoms with E-state index in [1.54, 1.807) is 6.20 Å². The van der Waals surface area contributed by atoms with Gasteiger partial charge < -0.3 is 15.5 Å². The molecule has 0 aliphatic heterocycles. The molecule has 1 heterocycles. The number of nitrogens with one attached hydrogen (secondary N) is 2. The first kappa shape index (κ1) is 16.2. The molecule has 1 rings (SSSR count). The number of aromatic nitrogens is 2. The molecule has 0 spiro atoms. The second-order valence-corrected chi connectivity index (χ2v) is 6.23. The summed E-state index contributed by atoms with van der Waals surface area (Å²) < 4.78 is 0.879. The highest BCUT2D eigenvalue weighted by Gasteiger charge is 2.20. The van der Waals surface area contributed by atoms with Gasteiger partial charge in [0.1, 0.15) is 5.82 Å². The van der Waals surface area contributed by atoms with E-state index in [4.69, 9.17) is 0 Å². The summed E-state index contributed by atoms with van der Waals surface area (Å²) in [7, 11) is 4.15. The molecule has 0 fully saturated rings. The van der Waals surface area contributed by atoms with Gasteiger partial charge >= 0.3 is 0 Å². The normalized spacial score (nSPS) is 11.7. The van der Waals surface area contributed by atoms with Crippen LogP contribution in [0.5, 0.6) is 0 Å². The second-order valence-electron chi connectivity index (χ2n) is 5.38. The fraction of sp³-hybridized carbons (Fsp3) is 0.692. The van der Waals surface area contributed by atoms with Crippen molar-refractivity contribution >= 4 is 27.7 Å². The summed E-state index contributed by atoms with van der Waals surface area (Å²) in [5, 5.41) is 6.56. The third-order valence-electron chi connectivity index (χ3n) is 3.18. The van der Waals surface area contributed by atoms with Crippen LogP contribution in [0.1, 0.15) is 27.2 Å². The topological polar surface area (TPSA) is 53.1 Å². The van der Waals surface area contributed by atoms with Gasteiger partial charge in [0.2, 0.25) is 5.95 Å². The predicted octanol–water partition coefficient (Wildman–Crippen LogP) is 2.81. The molecule has 108 valence electrons. The van der Waals surface area contributed by atoms with Crippen LogP contribution in [0.3, 0.4) is 0 Å². The van der Waals surface area contributed by atoms with Gasteiger partial charge in [-0.05, 0) is 50.3 Å². The fourth-order valence-corrected chi connectivity index (χ4v) is 1.60. The molecule has 0 aliphatic carbocycles. The molecule has 6 heteroatoms. The largest absolute Gasteiger partial charge is 0.367 e. The summed E-state index contributed by atoms with van der Waals surface area (Å²) in [5.74, 6) is 1.48. The average molecular weight is 330 g/mol. The first-order valence-electron chi connectivity index (χ1n) is 6.54. The van der Waals surface area contributed by atoms with Crippen LogP contribution in [0.15, 0.2) is 10.7 Å². The van der Waals surface area contributed by atoms with Crippen LogP contribution in [-0.2, 0) is 0 Å². The van der Waals surface area contributed by atoms with E-state index in [2.05, 4.69) is 76.3 Å². The average Bonchev–Trinajstić information content (AvgIpc) is 2.36. The van der Waals surface area contributed by atoms with Gasteiger partial charge in [0.05, 0.1) is 4.47 Å². The Morgan fingerprint density at radius 1 is 1.32 bits per heavy atom. The van der Waals surface area contributed by atoms with E-state index in [1.165, 1.54) is 0 Å². The molecule has 0 saturated heterocycles. The fourth-order valence-electron chi connectivity index (χ4n) is 1.27. The molecular formula is C13H24BrN5. The highest BCUT2D eigenvalue weighted by Crippen LogP contribution is 2.21. The smallest absolute Gasteiger partial charge is 0.224 e. The Labute approximate surface area is 124 Å². The Morgan fingerprint density at radius 3 is 2.58 bits per heavy atom. The first-order valence-corrected chi connectivity index (χ1v) is 7.34. The number of halogens is 1. The minimum absolute atomic E-state index is 0.0569. The lowest BCUT2D eigenvalue weighted by atomic mass is 10.0. The van der Waals surface area contributed by atoms with Crippen molar-refractivity contribution in [3.8, 4) is 0 Å². The molecular weight excluding hydrogens is 306 g/mol. The lowest BCUT2D eigenvalue weighted by Crippen LogP contribution is -2.44. The van der Waals surface area contributed by atoms with E-state index >= 15 is 0 Å². The summed E-state index contributed by atoms with van der Waals surface area (Å²) >= 11 is 3.47. The Hall–Kier alpha value is -0.880. The molecule has 0 atom stereocenters. The summed E-state index contributed by atoms with van der Waals surface area (Å²) in [6.07, 6.45) is 2.83. The van der Waals surface area contributed by atoms with Crippen molar-refractivity contribution in [2.45, 2.75) is 32.7 Å². The maximum atomic E-state index is 4.47. The van der Waals surface area contributed by atoms with Crippen LogP contribution >= 0.6 is 15.9 Å². The zero-order chi connectivity index (χ0) is 14.5. The van der Waals surface area contributed by atoms with Crippen molar-refractivity contribution < 1.29 is 0 Å². The van der Waals surface area contributed by atoms with Crippen LogP contribution in [0, 0.1) is 0 Å². The van der Waals surface area contributed by atoms with Gasteiger partial charge in [-0.25, -0.2) is 4.98 Å². The van der Waals surface area contributed by atoms with Crippen molar-refractivity contribution in [3.63, 3.8) is 0 Å². The highest BCUT2D eigenvalue weighted by atomic mass is 79.9. The Balaban J connectivity index is 2.71. The minimum Gasteiger partial charge on any atom is -0.367 e. The SMILES string of the molecule is CCCNc1ncc(Br)c(NCC(C)(C)N(C)C)n1. The van der Waals surface area contributed by atoms with Gasteiger partial charge in [0, 0.05) is 24.8 Å². The Morgan fingerprint density at radius 2 is 2.00 bits per heavy atom. The monoisotopic (exact) mass is 329 g/mol. The first-order chi connectivity index (χ1) is 8.86. The van der Waals surface area contributed by atoms with Crippen molar-refractivity contribution in [1.82, 2.24) is 14.9 Å². The van der Waals surface area contributed by atoms with Gasteiger partial charge in [-0.1, -0.05) is 6.92 Å². The van der Waals surface area contributed by atoms with Gasteiger partial charge in [-0.3, -0.25) is 0 Å². The van der Waals surface area contributed by atoms with E-state index < -0.39 is 0 Å². The summed E-state index contributed by atoms with van der Waals surface area (Å²) in [5.41, 5.74) is 0.0569. The standard InChI is InChI=1S/C13H24BrN5/c1-6-7-15-12-16-8-10(14)11(18-12)17-9-13(2,3)19(4)5/h8H,6-7,9H2,1-5H3,(H2,15,16,17,18). The van der Waals surface area contributed by atoms with Crippen molar-refractivity contribution in [3.05, 3.63) is 10.7 Å². The lowest BCUT2D eigenvalue weighted by Gasteiger charge is -2.32. The molecule has 0 aliphatic rings. The lowest BCUT2D eigenvalue weighted by molar-refractivity contribution is 0.210. The van der Waals surface area contributed by atoms with Crippen LogP contribution < -0.4 is 10.6 Å². The van der Waals surface area contributed by atoms with Crippen molar-refractivity contribution in [1.29, 1.82) is 0 Å². The van der Waals surface area contributed by atoms with Gasteiger partial charge in [0.15, 0.2) is 0 Å². The molecule has 0 radical (unpaired) electrons. The van der Waals surface area contributed by atoms with E-state index in [0.717, 1.165) is 29.8 Å². The third kappa shape index (κ3) is 4.95. The van der Waals surface area contributed by atoms with E-state index in [9.17, 15) is 0 Å². The number of anilines is 2. The van der Waals surface area contributed by atoms with E-state index in [0.29, 0.717) is 5.95 Å². The summed E-state index contributed by atoms with van der Waals surface area (Å²) in [4.78, 5) is 10.9. The van der Waals surface area contributed by atoms with E-state index in [-0.39, 0.29) is 5.54 Å². The van der Waals surface area contributed by atoms with Crippen molar-refractivity contribution in [2.75, 3.05) is 37.8 Å². The molecule has 1 aromatic heterocycles. The quantitative estimate of drug-likeness (QED) is 0.805. The molecule has 0 saturated carbocycles. The second kappa shape index (κ2) is 7.05. The maximum Gasteiger partial charge on any atom is 0.224 e. The molecule has 5 nitrogen and oxygen atoms in total. The third-order valence-corrected chi connectivity index (χ3v) is 3.76. The molecule has 0 aromatic carbocycles. The maximum absolute atomic E-state index is 4.47. The van der Waals surface area contributed by atoms with Gasteiger partial charge in [0.25, 0.3) is 0 Å². The number of hydrogen-bond donors (Lipinski definition) is 2. The summed E-state index contributed by atoms with van der Waals surface area (Å²) in [6, 6.07) is 0. The van der Waals surface area contributed by atoms with Gasteiger partial charge in [-0.2, -0.15) is 4.98 Å².